The van der Waals surface area contributed by atoms with E-state index in [-0.39, 0.29) is 17.6 Å². The summed E-state index contributed by atoms with van der Waals surface area (Å²) in [4.78, 5) is 26.9. The van der Waals surface area contributed by atoms with Crippen molar-refractivity contribution in [3.05, 3.63) is 54.6 Å². The zero-order valence-corrected chi connectivity index (χ0v) is 14.6. The van der Waals surface area contributed by atoms with Gasteiger partial charge in [-0.25, -0.2) is 0 Å². The average molecular weight is 351 g/mol. The highest BCUT2D eigenvalue weighted by Crippen LogP contribution is 2.24. The molecule has 0 aliphatic carbocycles. The van der Waals surface area contributed by atoms with E-state index in [9.17, 15) is 9.59 Å². The van der Waals surface area contributed by atoms with Crippen LogP contribution in [-0.2, 0) is 11.3 Å². The monoisotopic (exact) mass is 351 g/mol. The molecule has 1 fully saturated rings. The molecule has 4 rings (SSSR count). The molecule has 6 nitrogen and oxygen atoms in total. The van der Waals surface area contributed by atoms with Gasteiger partial charge in [0, 0.05) is 35.9 Å². The number of nitrogens with zero attached hydrogens (tertiary/aromatic N) is 2. The van der Waals surface area contributed by atoms with Crippen LogP contribution in [0.25, 0.3) is 10.9 Å². The van der Waals surface area contributed by atoms with Crippen molar-refractivity contribution in [2.45, 2.75) is 32.4 Å². The van der Waals surface area contributed by atoms with Crippen molar-refractivity contribution in [3.63, 3.8) is 0 Å². The number of carbonyl (C=O) groups excluding carboxylic acids is 2. The standard InChI is InChI=1S/C20H21N3O3/c1-2-22-11-9-14-13-15(7-8-16(14)22)21-19(24)17-5-3-10-23(17)20(25)18-6-4-12-26-18/h4,6-9,11-13,17H,2-3,5,10H2,1H3,(H,21,24)/t17-/m1/s1. The molecule has 1 atom stereocenters. The molecular formula is C20H21N3O3. The minimum absolute atomic E-state index is 0.156. The lowest BCUT2D eigenvalue weighted by atomic mass is 10.1. The fourth-order valence-corrected chi connectivity index (χ4v) is 3.60. The zero-order chi connectivity index (χ0) is 18.1. The molecule has 2 amide bonds. The van der Waals surface area contributed by atoms with E-state index in [0.717, 1.165) is 29.6 Å². The number of fused-ring (bicyclic) bond motifs is 1. The van der Waals surface area contributed by atoms with Crippen molar-refractivity contribution >= 4 is 28.4 Å². The molecule has 2 aromatic heterocycles. The summed E-state index contributed by atoms with van der Waals surface area (Å²) in [7, 11) is 0. The highest BCUT2D eigenvalue weighted by Gasteiger charge is 2.35. The number of hydrogen-bond acceptors (Lipinski definition) is 3. The van der Waals surface area contributed by atoms with E-state index in [4.69, 9.17) is 4.42 Å². The minimum atomic E-state index is -0.469. The zero-order valence-electron chi connectivity index (χ0n) is 14.6. The number of carbonyl (C=O) groups is 2. The van der Waals surface area contributed by atoms with E-state index in [1.54, 1.807) is 17.0 Å². The highest BCUT2D eigenvalue weighted by molar-refractivity contribution is 6.01. The third-order valence-electron chi connectivity index (χ3n) is 4.93. The van der Waals surface area contributed by atoms with Gasteiger partial charge in [0.15, 0.2) is 5.76 Å². The Bertz CT molecular complexity index is 943. The van der Waals surface area contributed by atoms with Gasteiger partial charge in [-0.05, 0) is 56.2 Å². The number of nitrogens with one attached hydrogen (secondary N) is 1. The topological polar surface area (TPSA) is 67.5 Å². The van der Waals surface area contributed by atoms with Gasteiger partial charge in [-0.3, -0.25) is 9.59 Å². The first-order valence-corrected chi connectivity index (χ1v) is 8.91. The van der Waals surface area contributed by atoms with Gasteiger partial charge in [-0.15, -0.1) is 0 Å². The Morgan fingerprint density at radius 2 is 2.15 bits per heavy atom. The molecule has 1 saturated heterocycles. The fraction of sp³-hybridized carbons (Fsp3) is 0.300. The first kappa shape index (κ1) is 16.4. The molecule has 134 valence electrons. The number of anilines is 1. The molecule has 0 bridgehead atoms. The molecule has 1 aliphatic rings. The lowest BCUT2D eigenvalue weighted by Crippen LogP contribution is -2.43. The molecule has 3 heterocycles. The van der Waals surface area contributed by atoms with E-state index in [2.05, 4.69) is 16.8 Å². The third-order valence-corrected chi connectivity index (χ3v) is 4.93. The van der Waals surface area contributed by atoms with Gasteiger partial charge in [-0.1, -0.05) is 0 Å². The summed E-state index contributed by atoms with van der Waals surface area (Å²) in [6.45, 7) is 3.57. The van der Waals surface area contributed by atoms with Gasteiger partial charge >= 0.3 is 0 Å². The Labute approximate surface area is 151 Å². The molecule has 1 aromatic carbocycles. The largest absolute Gasteiger partial charge is 0.459 e. The Morgan fingerprint density at radius 1 is 1.27 bits per heavy atom. The number of hydrogen-bond donors (Lipinski definition) is 1. The first-order valence-electron chi connectivity index (χ1n) is 8.91. The van der Waals surface area contributed by atoms with Crippen molar-refractivity contribution in [3.8, 4) is 0 Å². The maximum atomic E-state index is 12.8. The van der Waals surface area contributed by atoms with Crippen LogP contribution in [0.5, 0.6) is 0 Å². The molecule has 0 unspecified atom stereocenters. The summed E-state index contributed by atoms with van der Waals surface area (Å²) in [5.41, 5.74) is 1.88. The van der Waals surface area contributed by atoms with Gasteiger partial charge in [0.25, 0.3) is 5.91 Å². The summed E-state index contributed by atoms with van der Waals surface area (Å²) in [5.74, 6) is -0.119. The quantitative estimate of drug-likeness (QED) is 0.782. The molecule has 3 aromatic rings. The summed E-state index contributed by atoms with van der Waals surface area (Å²) in [5, 5.41) is 4.04. The van der Waals surface area contributed by atoms with Crippen LogP contribution >= 0.6 is 0 Å². The second kappa shape index (κ2) is 6.71. The number of likely N-dealkylation sites (tertiary alicyclic amines) is 1. The number of amides is 2. The second-order valence-corrected chi connectivity index (χ2v) is 6.50. The van der Waals surface area contributed by atoms with E-state index in [1.807, 2.05) is 30.5 Å². The van der Waals surface area contributed by atoms with Crippen molar-refractivity contribution in [1.82, 2.24) is 9.47 Å². The van der Waals surface area contributed by atoms with E-state index in [1.165, 1.54) is 6.26 Å². The summed E-state index contributed by atoms with van der Waals surface area (Å²) in [6.07, 6.45) is 4.97. The van der Waals surface area contributed by atoms with Crippen LogP contribution < -0.4 is 5.32 Å². The van der Waals surface area contributed by atoms with E-state index < -0.39 is 6.04 Å². The normalized spacial score (nSPS) is 17.0. The predicted molar refractivity (Wildman–Crippen MR) is 99.0 cm³/mol. The predicted octanol–water partition coefficient (Wildman–Crippen LogP) is 3.50. The maximum Gasteiger partial charge on any atom is 0.290 e. The molecule has 0 radical (unpaired) electrons. The minimum Gasteiger partial charge on any atom is -0.459 e. The molecule has 6 heteroatoms. The summed E-state index contributed by atoms with van der Waals surface area (Å²) >= 11 is 0. The molecule has 0 spiro atoms. The van der Waals surface area contributed by atoms with Crippen LogP contribution in [0.2, 0.25) is 0 Å². The van der Waals surface area contributed by atoms with Crippen LogP contribution in [0.15, 0.2) is 53.3 Å². The molecule has 26 heavy (non-hydrogen) atoms. The maximum absolute atomic E-state index is 12.8. The lowest BCUT2D eigenvalue weighted by Gasteiger charge is -2.23. The number of aromatic nitrogens is 1. The van der Waals surface area contributed by atoms with Crippen molar-refractivity contribution in [2.75, 3.05) is 11.9 Å². The molecule has 1 aliphatic heterocycles. The third kappa shape index (κ3) is 2.87. The van der Waals surface area contributed by atoms with Gasteiger partial charge in [0.1, 0.15) is 6.04 Å². The summed E-state index contributed by atoms with van der Waals surface area (Å²) < 4.78 is 7.34. The smallest absolute Gasteiger partial charge is 0.290 e. The van der Waals surface area contributed by atoms with Gasteiger partial charge in [-0.2, -0.15) is 0 Å². The molecule has 0 saturated carbocycles. The summed E-state index contributed by atoms with van der Waals surface area (Å²) in [6, 6.07) is 10.7. The van der Waals surface area contributed by atoms with Crippen molar-refractivity contribution in [1.29, 1.82) is 0 Å². The Morgan fingerprint density at radius 3 is 2.92 bits per heavy atom. The Kier molecular flexibility index (Phi) is 4.24. The number of benzene rings is 1. The van der Waals surface area contributed by atoms with Crippen LogP contribution in [0.1, 0.15) is 30.3 Å². The SMILES string of the molecule is CCn1ccc2cc(NC(=O)[C@H]3CCCN3C(=O)c3ccco3)ccc21. The average Bonchev–Trinajstić information content (AvgIpc) is 3.40. The Hall–Kier alpha value is -3.02. The fourth-order valence-electron chi connectivity index (χ4n) is 3.60. The highest BCUT2D eigenvalue weighted by atomic mass is 16.3. The van der Waals surface area contributed by atoms with Crippen LogP contribution in [-0.4, -0.2) is 33.9 Å². The van der Waals surface area contributed by atoms with Crippen molar-refractivity contribution < 1.29 is 14.0 Å². The van der Waals surface area contributed by atoms with Crippen LogP contribution in [0.3, 0.4) is 0 Å². The second-order valence-electron chi connectivity index (χ2n) is 6.50. The van der Waals surface area contributed by atoms with E-state index >= 15 is 0 Å². The molecular weight excluding hydrogens is 330 g/mol. The van der Waals surface area contributed by atoms with Gasteiger partial charge in [0.2, 0.25) is 5.91 Å². The van der Waals surface area contributed by atoms with Gasteiger partial charge in [0.05, 0.1) is 6.26 Å². The van der Waals surface area contributed by atoms with Crippen LogP contribution in [0.4, 0.5) is 5.69 Å². The van der Waals surface area contributed by atoms with Crippen molar-refractivity contribution in [2.24, 2.45) is 0 Å². The first-order chi connectivity index (χ1) is 12.7. The Balaban J connectivity index is 1.51. The lowest BCUT2D eigenvalue weighted by molar-refractivity contribution is -0.119. The molecule has 1 N–H and O–H groups in total. The number of aryl methyl sites for hydroxylation is 1. The van der Waals surface area contributed by atoms with E-state index in [0.29, 0.717) is 13.0 Å². The van der Waals surface area contributed by atoms with Crippen LogP contribution in [0, 0.1) is 0 Å². The van der Waals surface area contributed by atoms with Gasteiger partial charge < -0.3 is 19.2 Å². The number of furan rings is 1. The number of rotatable bonds is 4.